The van der Waals surface area contributed by atoms with Gasteiger partial charge in [0.05, 0.1) is 11.4 Å². The van der Waals surface area contributed by atoms with Crippen molar-refractivity contribution in [3.8, 4) is 0 Å². The molecule has 0 N–H and O–H groups in total. The Morgan fingerprint density at radius 3 is 2.33 bits per heavy atom. The summed E-state index contributed by atoms with van der Waals surface area (Å²) in [7, 11) is 0. The SMILES string of the molecule is C=CC(=N/C(C=O)=C\C)C(=C)C. The lowest BCUT2D eigenvalue weighted by molar-refractivity contribution is -0.104. The van der Waals surface area contributed by atoms with E-state index in [0.29, 0.717) is 17.7 Å². The summed E-state index contributed by atoms with van der Waals surface area (Å²) in [6, 6.07) is 0. The van der Waals surface area contributed by atoms with E-state index in [2.05, 4.69) is 18.2 Å². The highest BCUT2D eigenvalue weighted by molar-refractivity contribution is 6.08. The third-order valence-corrected chi connectivity index (χ3v) is 1.30. The molecule has 0 aromatic carbocycles. The van der Waals surface area contributed by atoms with E-state index in [-0.39, 0.29) is 0 Å². The van der Waals surface area contributed by atoms with E-state index in [9.17, 15) is 4.79 Å². The van der Waals surface area contributed by atoms with Gasteiger partial charge in [-0.2, -0.15) is 0 Å². The number of hydrogen-bond donors (Lipinski definition) is 0. The number of aldehydes is 1. The zero-order valence-corrected chi connectivity index (χ0v) is 7.50. The molecule has 0 rings (SSSR count). The van der Waals surface area contributed by atoms with Crippen LogP contribution in [-0.2, 0) is 4.79 Å². The molecule has 0 amide bonds. The fourth-order valence-corrected chi connectivity index (χ4v) is 0.613. The predicted octanol–water partition coefficient (Wildman–Crippen LogP) is 2.29. The Labute approximate surface area is 73.0 Å². The van der Waals surface area contributed by atoms with Crippen molar-refractivity contribution in [2.45, 2.75) is 13.8 Å². The summed E-state index contributed by atoms with van der Waals surface area (Å²) in [6.07, 6.45) is 3.92. The first kappa shape index (κ1) is 10.6. The summed E-state index contributed by atoms with van der Waals surface area (Å²) < 4.78 is 0. The molecule has 0 saturated carbocycles. The van der Waals surface area contributed by atoms with E-state index in [1.807, 2.05) is 6.92 Å². The smallest absolute Gasteiger partial charge is 0.168 e. The average Bonchev–Trinajstić information content (AvgIpc) is 2.06. The van der Waals surface area contributed by atoms with Crippen LogP contribution in [0.25, 0.3) is 0 Å². The number of rotatable bonds is 4. The van der Waals surface area contributed by atoms with Crippen molar-refractivity contribution in [2.24, 2.45) is 4.99 Å². The Hall–Kier alpha value is -1.44. The van der Waals surface area contributed by atoms with Gasteiger partial charge in [-0.05, 0) is 25.5 Å². The summed E-state index contributed by atoms with van der Waals surface area (Å²) in [5, 5.41) is 0. The second-order valence-electron chi connectivity index (χ2n) is 2.31. The Morgan fingerprint density at radius 2 is 2.08 bits per heavy atom. The van der Waals surface area contributed by atoms with Gasteiger partial charge < -0.3 is 0 Å². The van der Waals surface area contributed by atoms with Crippen LogP contribution in [0.1, 0.15) is 13.8 Å². The highest BCUT2D eigenvalue weighted by Gasteiger charge is 1.95. The van der Waals surface area contributed by atoms with Crippen LogP contribution < -0.4 is 0 Å². The van der Waals surface area contributed by atoms with Crippen molar-refractivity contribution < 1.29 is 4.79 Å². The second kappa shape index (κ2) is 5.24. The molecule has 64 valence electrons. The lowest BCUT2D eigenvalue weighted by Crippen LogP contribution is -1.95. The number of aliphatic imine (C=N–C) groups is 1. The van der Waals surface area contributed by atoms with Crippen molar-refractivity contribution in [3.05, 3.63) is 36.6 Å². The summed E-state index contributed by atoms with van der Waals surface area (Å²) in [5.41, 5.74) is 1.84. The second-order valence-corrected chi connectivity index (χ2v) is 2.31. The van der Waals surface area contributed by atoms with Crippen molar-refractivity contribution in [3.63, 3.8) is 0 Å². The zero-order chi connectivity index (χ0) is 9.56. The molecule has 0 aliphatic rings. The Bertz CT molecular complexity index is 259. The van der Waals surface area contributed by atoms with E-state index in [4.69, 9.17) is 0 Å². The summed E-state index contributed by atoms with van der Waals surface area (Å²) in [6.45, 7) is 10.8. The summed E-state index contributed by atoms with van der Waals surface area (Å²) in [4.78, 5) is 14.4. The summed E-state index contributed by atoms with van der Waals surface area (Å²) in [5.74, 6) is 0. The van der Waals surface area contributed by atoms with Crippen LogP contribution in [-0.4, -0.2) is 12.0 Å². The molecule has 0 heterocycles. The first-order valence-corrected chi connectivity index (χ1v) is 3.64. The van der Waals surface area contributed by atoms with Crippen molar-refractivity contribution >= 4 is 12.0 Å². The summed E-state index contributed by atoms with van der Waals surface area (Å²) >= 11 is 0. The van der Waals surface area contributed by atoms with Gasteiger partial charge in [-0.1, -0.05) is 19.2 Å². The minimum Gasteiger partial charge on any atom is -0.296 e. The van der Waals surface area contributed by atoms with Crippen LogP contribution in [0.5, 0.6) is 0 Å². The van der Waals surface area contributed by atoms with Crippen LogP contribution in [0.3, 0.4) is 0 Å². The van der Waals surface area contributed by atoms with E-state index >= 15 is 0 Å². The molecule has 0 aliphatic carbocycles. The monoisotopic (exact) mass is 163 g/mol. The highest BCUT2D eigenvalue weighted by Crippen LogP contribution is 2.00. The van der Waals surface area contributed by atoms with Crippen LogP contribution in [0.2, 0.25) is 0 Å². The van der Waals surface area contributed by atoms with E-state index in [1.165, 1.54) is 0 Å². The number of carbonyl (C=O) groups is 1. The first-order valence-electron chi connectivity index (χ1n) is 3.64. The number of hydrogen-bond acceptors (Lipinski definition) is 2. The van der Waals surface area contributed by atoms with Gasteiger partial charge in [-0.3, -0.25) is 4.79 Å². The van der Waals surface area contributed by atoms with Crippen LogP contribution in [0.4, 0.5) is 0 Å². The minimum atomic E-state index is 0.396. The molecule has 0 unspecified atom stereocenters. The fraction of sp³-hybridized carbons (Fsp3) is 0.200. The van der Waals surface area contributed by atoms with Crippen LogP contribution >= 0.6 is 0 Å². The standard InChI is InChI=1S/C10H13NO/c1-5-9(7-12)11-10(6-2)8(3)4/h5-7H,2-3H2,1,4H3/b9-5-,11-10?. The van der Waals surface area contributed by atoms with Gasteiger partial charge >= 0.3 is 0 Å². The molecule has 0 aromatic rings. The highest BCUT2D eigenvalue weighted by atomic mass is 16.1. The molecule has 0 fully saturated rings. The van der Waals surface area contributed by atoms with E-state index in [1.54, 1.807) is 19.1 Å². The van der Waals surface area contributed by atoms with Crippen molar-refractivity contribution in [1.29, 1.82) is 0 Å². The minimum absolute atomic E-state index is 0.396. The maximum absolute atomic E-state index is 10.4. The van der Waals surface area contributed by atoms with Gasteiger partial charge in [-0.15, -0.1) is 0 Å². The molecule has 2 heteroatoms. The van der Waals surface area contributed by atoms with Gasteiger partial charge in [0.2, 0.25) is 0 Å². The number of carbonyl (C=O) groups excluding carboxylic acids is 1. The third kappa shape index (κ3) is 3.10. The van der Waals surface area contributed by atoms with E-state index < -0.39 is 0 Å². The number of nitrogens with zero attached hydrogens (tertiary/aromatic N) is 1. The molecule has 0 atom stereocenters. The van der Waals surface area contributed by atoms with Crippen LogP contribution in [0, 0.1) is 0 Å². The maximum Gasteiger partial charge on any atom is 0.168 e. The Morgan fingerprint density at radius 1 is 1.50 bits per heavy atom. The molecule has 2 nitrogen and oxygen atoms in total. The lowest BCUT2D eigenvalue weighted by atomic mass is 10.2. The van der Waals surface area contributed by atoms with Gasteiger partial charge in [0.15, 0.2) is 6.29 Å². The Balaban J connectivity index is 4.81. The van der Waals surface area contributed by atoms with Gasteiger partial charge in [-0.25, -0.2) is 4.99 Å². The lowest BCUT2D eigenvalue weighted by Gasteiger charge is -1.97. The van der Waals surface area contributed by atoms with Gasteiger partial charge in [0, 0.05) is 0 Å². The van der Waals surface area contributed by atoms with Crippen molar-refractivity contribution in [1.82, 2.24) is 0 Å². The molecular formula is C10H13NO. The quantitative estimate of drug-likeness (QED) is 0.355. The van der Waals surface area contributed by atoms with Gasteiger partial charge in [0.1, 0.15) is 0 Å². The molecule has 0 saturated heterocycles. The molecule has 0 bridgehead atoms. The molecule has 12 heavy (non-hydrogen) atoms. The van der Waals surface area contributed by atoms with E-state index in [0.717, 1.165) is 5.57 Å². The molecule has 0 radical (unpaired) electrons. The predicted molar refractivity (Wildman–Crippen MR) is 52.3 cm³/mol. The van der Waals surface area contributed by atoms with Crippen molar-refractivity contribution in [2.75, 3.05) is 0 Å². The topological polar surface area (TPSA) is 29.4 Å². The molecule has 0 aliphatic heterocycles. The average molecular weight is 163 g/mol. The maximum atomic E-state index is 10.4. The number of allylic oxidation sites excluding steroid dienone is 4. The molecular weight excluding hydrogens is 150 g/mol. The molecule has 0 spiro atoms. The van der Waals surface area contributed by atoms with Crippen LogP contribution in [0.15, 0.2) is 41.6 Å². The fourth-order valence-electron chi connectivity index (χ4n) is 0.613. The third-order valence-electron chi connectivity index (χ3n) is 1.30. The Kier molecular flexibility index (Phi) is 4.61. The first-order chi connectivity index (χ1) is 5.65. The normalized spacial score (nSPS) is 12.5. The molecule has 0 aromatic heterocycles. The zero-order valence-electron chi connectivity index (χ0n) is 7.50. The largest absolute Gasteiger partial charge is 0.296 e. The van der Waals surface area contributed by atoms with Gasteiger partial charge in [0.25, 0.3) is 0 Å².